The van der Waals surface area contributed by atoms with Crippen LogP contribution in [0, 0.1) is 5.92 Å². The lowest BCUT2D eigenvalue weighted by Gasteiger charge is -2.08. The molecular weight excluding hydrogens is 194 g/mol. The molecule has 0 aromatic heterocycles. The van der Waals surface area contributed by atoms with Crippen LogP contribution in [0.15, 0.2) is 0 Å². The second kappa shape index (κ2) is 7.88. The van der Waals surface area contributed by atoms with Crippen molar-refractivity contribution in [1.82, 2.24) is 0 Å². The summed E-state index contributed by atoms with van der Waals surface area (Å²) in [5.74, 6) is -2.90. The molecule has 2 atom stereocenters. The molecule has 2 unspecified atom stereocenters. The van der Waals surface area contributed by atoms with Crippen LogP contribution in [0.1, 0.15) is 13.3 Å². The number of hydrogen-bond acceptors (Lipinski definition) is 4. The number of carboxylic acids is 2. The highest BCUT2D eigenvalue weighted by molar-refractivity contribution is 7.79. The Balaban J connectivity index is 0. The Morgan fingerprint density at radius 2 is 1.69 bits per heavy atom. The molecule has 0 aliphatic carbocycles. The zero-order valence-electron chi connectivity index (χ0n) is 7.60. The molecule has 0 amide bonds. The number of nitrogens with two attached hydrogens (primary N) is 1. The minimum Gasteiger partial charge on any atom is -0.481 e. The van der Waals surface area contributed by atoms with Gasteiger partial charge in [-0.3, -0.25) is 9.59 Å². The summed E-state index contributed by atoms with van der Waals surface area (Å²) in [6, 6.07) is -1.08. The number of aliphatic carboxylic acids is 2. The largest absolute Gasteiger partial charge is 0.481 e. The predicted octanol–water partition coefficient (Wildman–Crippen LogP) is 0.0551. The molecule has 0 aliphatic heterocycles. The molecule has 0 fully saturated rings. The molecule has 0 heterocycles. The Morgan fingerprint density at radius 1 is 1.31 bits per heavy atom. The fraction of sp³-hybridized carbons (Fsp3) is 0.714. The molecule has 0 saturated carbocycles. The van der Waals surface area contributed by atoms with Crippen LogP contribution in [-0.4, -0.2) is 34.4 Å². The third kappa shape index (κ3) is 7.61. The molecule has 0 bridgehead atoms. The van der Waals surface area contributed by atoms with E-state index >= 15 is 0 Å². The van der Waals surface area contributed by atoms with Crippen molar-refractivity contribution in [3.05, 3.63) is 0 Å². The summed E-state index contributed by atoms with van der Waals surface area (Å²) < 4.78 is 0. The lowest BCUT2D eigenvalue weighted by atomic mass is 10.0. The second-order valence-corrected chi connectivity index (χ2v) is 2.42. The van der Waals surface area contributed by atoms with Gasteiger partial charge in [0, 0.05) is 0 Å². The molecule has 0 aromatic rings. The fourth-order valence-corrected chi connectivity index (χ4v) is 0.583. The van der Waals surface area contributed by atoms with Gasteiger partial charge in [-0.1, -0.05) is 6.92 Å². The number of carboxylic acid groups (broad SMARTS) is 2. The molecule has 0 aliphatic rings. The van der Waals surface area contributed by atoms with Crippen LogP contribution in [0.4, 0.5) is 0 Å². The summed E-state index contributed by atoms with van der Waals surface area (Å²) in [6.45, 7) is 1.42. The highest BCUT2D eigenvalue weighted by atomic mass is 32.1. The van der Waals surface area contributed by atoms with E-state index in [4.69, 9.17) is 15.9 Å². The first-order valence-corrected chi connectivity index (χ1v) is 4.50. The molecule has 0 rings (SSSR count). The van der Waals surface area contributed by atoms with Crippen LogP contribution in [0.3, 0.4) is 0 Å². The SMILES string of the molecule is CC(CC(N)C(=O)O)C(=O)O.CS. The number of rotatable bonds is 4. The van der Waals surface area contributed by atoms with Crippen molar-refractivity contribution in [2.24, 2.45) is 11.7 Å². The summed E-state index contributed by atoms with van der Waals surface area (Å²) in [5.41, 5.74) is 5.09. The number of carbonyl (C=O) groups is 2. The van der Waals surface area contributed by atoms with Crippen LogP contribution in [-0.2, 0) is 9.59 Å². The zero-order valence-corrected chi connectivity index (χ0v) is 8.49. The third-order valence-corrected chi connectivity index (χ3v) is 1.35. The first-order valence-electron chi connectivity index (χ1n) is 3.61. The van der Waals surface area contributed by atoms with E-state index in [2.05, 4.69) is 12.6 Å². The van der Waals surface area contributed by atoms with Gasteiger partial charge in [-0.25, -0.2) is 0 Å². The first-order chi connectivity index (χ1) is 5.95. The predicted molar refractivity (Wildman–Crippen MR) is 51.9 cm³/mol. The Morgan fingerprint density at radius 3 is 1.92 bits per heavy atom. The summed E-state index contributed by atoms with van der Waals surface area (Å²) in [7, 11) is 0. The van der Waals surface area contributed by atoms with Gasteiger partial charge in [0.2, 0.25) is 0 Å². The quantitative estimate of drug-likeness (QED) is 0.490. The Labute approximate surface area is 82.3 Å². The average Bonchev–Trinajstić information content (AvgIpc) is 2.07. The smallest absolute Gasteiger partial charge is 0.320 e. The van der Waals surface area contributed by atoms with Crippen LogP contribution in [0.25, 0.3) is 0 Å². The van der Waals surface area contributed by atoms with E-state index in [1.165, 1.54) is 6.92 Å². The van der Waals surface area contributed by atoms with Crippen LogP contribution >= 0.6 is 12.6 Å². The monoisotopic (exact) mass is 209 g/mol. The van der Waals surface area contributed by atoms with Crippen LogP contribution < -0.4 is 5.73 Å². The highest BCUT2D eigenvalue weighted by Crippen LogP contribution is 2.04. The molecule has 0 aromatic carbocycles. The van der Waals surface area contributed by atoms with Crippen molar-refractivity contribution in [2.75, 3.05) is 6.26 Å². The van der Waals surface area contributed by atoms with Gasteiger partial charge in [0.05, 0.1) is 5.92 Å². The molecule has 78 valence electrons. The molecule has 4 N–H and O–H groups in total. The van der Waals surface area contributed by atoms with Crippen LogP contribution in [0.2, 0.25) is 0 Å². The zero-order chi connectivity index (χ0) is 11.0. The van der Waals surface area contributed by atoms with E-state index in [9.17, 15) is 9.59 Å². The van der Waals surface area contributed by atoms with Gasteiger partial charge in [0.15, 0.2) is 0 Å². The maximum atomic E-state index is 10.2. The first kappa shape index (κ1) is 14.8. The third-order valence-electron chi connectivity index (χ3n) is 1.35. The van der Waals surface area contributed by atoms with Gasteiger partial charge >= 0.3 is 11.9 Å². The second-order valence-electron chi connectivity index (χ2n) is 2.42. The van der Waals surface area contributed by atoms with E-state index < -0.39 is 23.9 Å². The summed E-state index contributed by atoms with van der Waals surface area (Å²) in [6.07, 6.45) is 1.66. The number of hydrogen-bond donors (Lipinski definition) is 4. The van der Waals surface area contributed by atoms with Gasteiger partial charge in [-0.15, -0.1) is 0 Å². The molecule has 5 nitrogen and oxygen atoms in total. The lowest BCUT2D eigenvalue weighted by Crippen LogP contribution is -2.33. The maximum Gasteiger partial charge on any atom is 0.320 e. The minimum atomic E-state index is -1.17. The van der Waals surface area contributed by atoms with Crippen molar-refractivity contribution >= 4 is 24.6 Å². The molecule has 0 saturated heterocycles. The molecule has 0 spiro atoms. The molecule has 0 radical (unpaired) electrons. The normalized spacial score (nSPS) is 13.5. The Bertz CT molecular complexity index is 156. The van der Waals surface area contributed by atoms with Crippen LogP contribution in [0.5, 0.6) is 0 Å². The van der Waals surface area contributed by atoms with E-state index in [0.717, 1.165) is 0 Å². The van der Waals surface area contributed by atoms with Crippen molar-refractivity contribution < 1.29 is 19.8 Å². The van der Waals surface area contributed by atoms with Gasteiger partial charge < -0.3 is 15.9 Å². The van der Waals surface area contributed by atoms with E-state index in [0.29, 0.717) is 0 Å². The average molecular weight is 209 g/mol. The van der Waals surface area contributed by atoms with E-state index in [1.54, 1.807) is 6.26 Å². The number of thiol groups is 1. The summed E-state index contributed by atoms with van der Waals surface area (Å²) in [5, 5.41) is 16.7. The summed E-state index contributed by atoms with van der Waals surface area (Å²) >= 11 is 3.53. The minimum absolute atomic E-state index is 0.0370. The highest BCUT2D eigenvalue weighted by Gasteiger charge is 2.19. The molecule has 13 heavy (non-hydrogen) atoms. The van der Waals surface area contributed by atoms with Gasteiger partial charge in [-0.05, 0) is 12.7 Å². The van der Waals surface area contributed by atoms with Crippen molar-refractivity contribution in [1.29, 1.82) is 0 Å². The topological polar surface area (TPSA) is 101 Å². The standard InChI is InChI=1S/C6H11NO4.CH4S/c1-3(5(8)9)2-4(7)6(10)11;1-2/h3-4H,2,7H2,1H3,(H,8,9)(H,10,11);2H,1H3. The van der Waals surface area contributed by atoms with E-state index in [1.807, 2.05) is 0 Å². The van der Waals surface area contributed by atoms with Gasteiger partial charge in [-0.2, -0.15) is 12.6 Å². The molecular formula is C7H15NO4S. The fourth-order valence-electron chi connectivity index (χ4n) is 0.583. The lowest BCUT2D eigenvalue weighted by molar-refractivity contribution is -0.143. The van der Waals surface area contributed by atoms with Gasteiger partial charge in [0.1, 0.15) is 6.04 Å². The van der Waals surface area contributed by atoms with Crippen molar-refractivity contribution in [3.8, 4) is 0 Å². The van der Waals surface area contributed by atoms with Gasteiger partial charge in [0.25, 0.3) is 0 Å². The van der Waals surface area contributed by atoms with Crippen molar-refractivity contribution in [2.45, 2.75) is 19.4 Å². The Hall–Kier alpha value is -0.750. The summed E-state index contributed by atoms with van der Waals surface area (Å²) in [4.78, 5) is 20.3. The van der Waals surface area contributed by atoms with E-state index in [-0.39, 0.29) is 6.42 Å². The maximum absolute atomic E-state index is 10.2. The Kier molecular flexibility index (Phi) is 8.94. The van der Waals surface area contributed by atoms with Crippen molar-refractivity contribution in [3.63, 3.8) is 0 Å². The molecule has 6 heteroatoms.